The molecule has 0 radical (unpaired) electrons. The van der Waals surface area contributed by atoms with Crippen LogP contribution in [0.4, 0.5) is 0 Å². The van der Waals surface area contributed by atoms with Crippen molar-refractivity contribution in [2.24, 2.45) is 5.92 Å². The minimum atomic E-state index is -0.876. The molecule has 1 fully saturated rings. The number of aryl methyl sites for hydroxylation is 1. The van der Waals surface area contributed by atoms with E-state index in [0.717, 1.165) is 11.1 Å². The molecule has 8 heteroatoms. The average Bonchev–Trinajstić information content (AvgIpc) is 3.33. The molecule has 1 N–H and O–H groups in total. The highest BCUT2D eigenvalue weighted by Gasteiger charge is 2.51. The van der Waals surface area contributed by atoms with E-state index in [2.05, 4.69) is 10.3 Å². The zero-order chi connectivity index (χ0) is 25.7. The molecule has 36 heavy (non-hydrogen) atoms. The molecule has 8 nitrogen and oxygen atoms in total. The smallest absolute Gasteiger partial charge is 0.311 e. The fourth-order valence-electron chi connectivity index (χ4n) is 4.59. The number of likely N-dealkylation sites (tertiary alicyclic amines) is 1. The number of hydrogen-bond acceptors (Lipinski definition) is 6. The first-order valence-corrected chi connectivity index (χ1v) is 11.7. The Morgan fingerprint density at radius 1 is 1.03 bits per heavy atom. The Hall–Kier alpha value is -4.20. The van der Waals surface area contributed by atoms with Crippen LogP contribution in [-0.4, -0.2) is 47.9 Å². The Bertz CT molecular complexity index is 1210. The topological polar surface area (TPSA) is 97.8 Å². The fourth-order valence-corrected chi connectivity index (χ4v) is 4.59. The highest BCUT2D eigenvalue weighted by molar-refractivity contribution is 5.99. The molecule has 0 bridgehead atoms. The molecule has 1 aromatic heterocycles. The predicted octanol–water partition coefficient (Wildman–Crippen LogP) is 3.46. The predicted molar refractivity (Wildman–Crippen MR) is 133 cm³/mol. The lowest BCUT2D eigenvalue weighted by Gasteiger charge is -2.31. The van der Waals surface area contributed by atoms with Gasteiger partial charge < -0.3 is 19.7 Å². The van der Waals surface area contributed by atoms with E-state index >= 15 is 0 Å². The first kappa shape index (κ1) is 24.9. The van der Waals surface area contributed by atoms with Crippen LogP contribution in [-0.2, 0) is 20.9 Å². The van der Waals surface area contributed by atoms with E-state index in [0.29, 0.717) is 23.4 Å². The van der Waals surface area contributed by atoms with Crippen LogP contribution in [0, 0.1) is 12.8 Å². The number of esters is 1. The first-order valence-electron chi connectivity index (χ1n) is 11.7. The first-order chi connectivity index (χ1) is 17.4. The van der Waals surface area contributed by atoms with Crippen molar-refractivity contribution in [2.45, 2.75) is 32.0 Å². The minimum Gasteiger partial charge on any atom is -0.497 e. The lowest BCUT2D eigenvalue weighted by Crippen LogP contribution is -2.46. The van der Waals surface area contributed by atoms with Crippen LogP contribution in [0.5, 0.6) is 5.75 Å². The van der Waals surface area contributed by atoms with Gasteiger partial charge in [-0.3, -0.25) is 19.4 Å². The average molecular weight is 488 g/mol. The number of hydrogen-bond donors (Lipinski definition) is 1. The van der Waals surface area contributed by atoms with Crippen molar-refractivity contribution >= 4 is 17.8 Å². The lowest BCUT2D eigenvalue weighted by molar-refractivity contribution is -0.146. The Morgan fingerprint density at radius 3 is 2.36 bits per heavy atom. The Balaban J connectivity index is 1.70. The van der Waals surface area contributed by atoms with Crippen LogP contribution >= 0.6 is 0 Å². The van der Waals surface area contributed by atoms with Gasteiger partial charge in [0.1, 0.15) is 11.8 Å². The highest BCUT2D eigenvalue weighted by Crippen LogP contribution is 2.43. The van der Waals surface area contributed by atoms with E-state index in [1.54, 1.807) is 49.7 Å². The van der Waals surface area contributed by atoms with Crippen LogP contribution in [0.25, 0.3) is 0 Å². The Kier molecular flexibility index (Phi) is 7.63. The molecule has 1 aliphatic rings. The number of carbonyl (C=O) groups is 3. The molecule has 1 saturated heterocycles. The quantitative estimate of drug-likeness (QED) is 0.513. The van der Waals surface area contributed by atoms with Gasteiger partial charge in [0.25, 0.3) is 5.91 Å². The molecule has 2 heterocycles. The minimum absolute atomic E-state index is 0.134. The van der Waals surface area contributed by atoms with Gasteiger partial charge in [-0.05, 0) is 48.7 Å². The molecular formula is C28H29N3O5. The van der Waals surface area contributed by atoms with Crippen molar-refractivity contribution in [1.82, 2.24) is 15.2 Å². The maximum Gasteiger partial charge on any atom is 0.311 e. The molecule has 3 unspecified atom stereocenters. The van der Waals surface area contributed by atoms with Gasteiger partial charge >= 0.3 is 5.97 Å². The summed E-state index contributed by atoms with van der Waals surface area (Å²) in [6.07, 6.45) is 3.17. The number of methoxy groups -OCH3 is 2. The molecule has 0 spiro atoms. The highest BCUT2D eigenvalue weighted by atomic mass is 16.5. The summed E-state index contributed by atoms with van der Waals surface area (Å²) in [6, 6.07) is 16.7. The number of pyridine rings is 1. The molecule has 0 aliphatic carbocycles. The molecule has 3 aromatic rings. The van der Waals surface area contributed by atoms with Gasteiger partial charge in [-0.15, -0.1) is 0 Å². The van der Waals surface area contributed by atoms with Crippen molar-refractivity contribution in [3.8, 4) is 5.75 Å². The third kappa shape index (κ3) is 5.22. The second-order valence-electron chi connectivity index (χ2n) is 8.76. The summed E-state index contributed by atoms with van der Waals surface area (Å²) in [5, 5.41) is 2.94. The summed E-state index contributed by atoms with van der Waals surface area (Å²) in [7, 11) is 2.87. The monoisotopic (exact) mass is 487 g/mol. The lowest BCUT2D eigenvalue weighted by atomic mass is 9.93. The SMILES string of the molecule is COC(=O)C1CC(C(=O)NCc2ccc(C)cc2)N(C(=O)c2cccnc2)C1c1ccc(OC)cc1. The van der Waals surface area contributed by atoms with Gasteiger partial charge in [-0.25, -0.2) is 0 Å². The maximum absolute atomic E-state index is 13.8. The van der Waals surface area contributed by atoms with E-state index in [1.807, 2.05) is 31.2 Å². The van der Waals surface area contributed by atoms with Gasteiger partial charge in [-0.1, -0.05) is 42.0 Å². The number of nitrogens with zero attached hydrogens (tertiary/aromatic N) is 2. The van der Waals surface area contributed by atoms with Crippen molar-refractivity contribution in [1.29, 1.82) is 0 Å². The number of nitrogens with one attached hydrogen (secondary N) is 1. The molecule has 0 saturated carbocycles. The zero-order valence-corrected chi connectivity index (χ0v) is 20.5. The van der Waals surface area contributed by atoms with Crippen LogP contribution in [0.3, 0.4) is 0 Å². The summed E-state index contributed by atoms with van der Waals surface area (Å²) < 4.78 is 10.4. The van der Waals surface area contributed by atoms with Crippen LogP contribution in [0.15, 0.2) is 73.1 Å². The van der Waals surface area contributed by atoms with Gasteiger partial charge in [0.15, 0.2) is 0 Å². The standard InChI is InChI=1S/C28H29N3O5/c1-18-6-8-19(9-7-18)16-30-26(32)24-15-23(28(34)36-3)25(20-10-12-22(35-2)13-11-20)31(24)27(33)21-5-4-14-29-17-21/h4-14,17,23-25H,15-16H2,1-3H3,(H,30,32). The number of benzene rings is 2. The Morgan fingerprint density at radius 2 is 1.75 bits per heavy atom. The fraction of sp³-hybridized carbons (Fsp3) is 0.286. The van der Waals surface area contributed by atoms with Gasteiger partial charge in [-0.2, -0.15) is 0 Å². The van der Waals surface area contributed by atoms with E-state index < -0.39 is 24.0 Å². The summed E-state index contributed by atoms with van der Waals surface area (Å²) in [5.74, 6) is -1.28. The molecule has 1 aliphatic heterocycles. The third-order valence-corrected chi connectivity index (χ3v) is 6.49. The van der Waals surface area contributed by atoms with E-state index in [4.69, 9.17) is 9.47 Å². The summed E-state index contributed by atoms with van der Waals surface area (Å²) in [4.78, 5) is 45.7. The van der Waals surface area contributed by atoms with E-state index in [9.17, 15) is 14.4 Å². The number of rotatable bonds is 7. The van der Waals surface area contributed by atoms with Crippen molar-refractivity contribution in [3.05, 3.63) is 95.3 Å². The number of ether oxygens (including phenoxy) is 2. The summed E-state index contributed by atoms with van der Waals surface area (Å²) in [6.45, 7) is 2.30. The molecule has 4 rings (SSSR count). The number of aromatic nitrogens is 1. The molecule has 2 amide bonds. The second-order valence-corrected chi connectivity index (χ2v) is 8.76. The van der Waals surface area contributed by atoms with Crippen molar-refractivity contribution in [3.63, 3.8) is 0 Å². The summed E-state index contributed by atoms with van der Waals surface area (Å²) >= 11 is 0. The number of carbonyl (C=O) groups excluding carboxylic acids is 3. The molecule has 2 aromatic carbocycles. The Labute approximate surface area is 210 Å². The largest absolute Gasteiger partial charge is 0.497 e. The van der Waals surface area contributed by atoms with Crippen LogP contribution in [0.2, 0.25) is 0 Å². The molecule has 3 atom stereocenters. The van der Waals surface area contributed by atoms with E-state index in [1.165, 1.54) is 18.2 Å². The number of amides is 2. The second kappa shape index (κ2) is 11.0. The van der Waals surface area contributed by atoms with Gasteiger partial charge in [0.2, 0.25) is 5.91 Å². The van der Waals surface area contributed by atoms with Crippen molar-refractivity contribution < 1.29 is 23.9 Å². The van der Waals surface area contributed by atoms with Crippen LogP contribution in [0.1, 0.15) is 39.5 Å². The molecular weight excluding hydrogens is 458 g/mol. The van der Waals surface area contributed by atoms with Gasteiger partial charge in [0.05, 0.1) is 31.7 Å². The van der Waals surface area contributed by atoms with Crippen LogP contribution < -0.4 is 10.1 Å². The van der Waals surface area contributed by atoms with Crippen molar-refractivity contribution in [2.75, 3.05) is 14.2 Å². The maximum atomic E-state index is 13.8. The normalized spacial score (nSPS) is 19.0. The van der Waals surface area contributed by atoms with Gasteiger partial charge in [0, 0.05) is 18.9 Å². The third-order valence-electron chi connectivity index (χ3n) is 6.49. The molecule has 186 valence electrons. The van der Waals surface area contributed by atoms with E-state index in [-0.39, 0.29) is 18.2 Å². The summed E-state index contributed by atoms with van der Waals surface area (Å²) in [5.41, 5.74) is 3.10. The zero-order valence-electron chi connectivity index (χ0n) is 20.5.